The predicted octanol–water partition coefficient (Wildman–Crippen LogP) is 3.57. The number of carbonyl (C=O) groups is 1. The average Bonchev–Trinajstić information content (AvgIpc) is 2.88. The van der Waals surface area contributed by atoms with Gasteiger partial charge >= 0.3 is 0 Å². The Morgan fingerprint density at radius 1 is 1.18 bits per heavy atom. The van der Waals surface area contributed by atoms with Gasteiger partial charge in [-0.1, -0.05) is 13.8 Å². The molecule has 2 rings (SSSR count). The minimum Gasteiger partial charge on any atom is -0.350 e. The second-order valence-electron chi connectivity index (χ2n) is 6.67. The zero-order valence-corrected chi connectivity index (χ0v) is 14.1. The van der Waals surface area contributed by atoms with Crippen molar-refractivity contribution in [1.82, 2.24) is 20.1 Å². The maximum Gasteiger partial charge on any atom is 0.253 e. The van der Waals surface area contributed by atoms with Crippen LogP contribution in [0.15, 0.2) is 18.5 Å². The van der Waals surface area contributed by atoms with Gasteiger partial charge in [0.25, 0.3) is 5.91 Å². The number of rotatable bonds is 6. The number of fused-ring (bicyclic) bond motifs is 1. The monoisotopic (exact) mass is 302 g/mol. The van der Waals surface area contributed by atoms with E-state index in [0.717, 1.165) is 23.9 Å². The Bertz CT molecular complexity index is 645. The molecule has 5 nitrogen and oxygen atoms in total. The van der Waals surface area contributed by atoms with Gasteiger partial charge in [0.2, 0.25) is 0 Å². The van der Waals surface area contributed by atoms with Crippen molar-refractivity contribution >= 4 is 16.9 Å². The molecule has 1 N–H and O–H groups in total. The zero-order valence-electron chi connectivity index (χ0n) is 14.1. The maximum atomic E-state index is 12.3. The van der Waals surface area contributed by atoms with Crippen LogP contribution in [-0.4, -0.2) is 26.7 Å². The van der Waals surface area contributed by atoms with Crippen LogP contribution in [0.3, 0.4) is 0 Å². The molecule has 120 valence electrons. The van der Waals surface area contributed by atoms with Gasteiger partial charge in [0.05, 0.1) is 11.8 Å². The number of hydrogen-bond donors (Lipinski definition) is 1. The van der Waals surface area contributed by atoms with Crippen LogP contribution in [-0.2, 0) is 0 Å². The first-order chi connectivity index (χ1) is 10.4. The summed E-state index contributed by atoms with van der Waals surface area (Å²) in [5.41, 5.74) is 1.41. The summed E-state index contributed by atoms with van der Waals surface area (Å²) in [6.45, 7) is 10.6. The van der Waals surface area contributed by atoms with Crippen molar-refractivity contribution in [3.05, 3.63) is 24.0 Å². The topological polar surface area (TPSA) is 59.8 Å². The fourth-order valence-corrected chi connectivity index (χ4v) is 2.40. The third-order valence-electron chi connectivity index (χ3n) is 3.74. The van der Waals surface area contributed by atoms with E-state index < -0.39 is 0 Å². The smallest absolute Gasteiger partial charge is 0.253 e. The van der Waals surface area contributed by atoms with Gasteiger partial charge in [-0.25, -0.2) is 9.67 Å². The molecule has 0 saturated carbocycles. The van der Waals surface area contributed by atoms with E-state index in [1.165, 1.54) is 0 Å². The van der Waals surface area contributed by atoms with Crippen LogP contribution < -0.4 is 5.32 Å². The minimum atomic E-state index is -0.0667. The third kappa shape index (κ3) is 3.84. The molecular weight excluding hydrogens is 276 g/mol. The molecule has 5 heteroatoms. The highest BCUT2D eigenvalue weighted by Gasteiger charge is 2.13. The van der Waals surface area contributed by atoms with Crippen LogP contribution in [0.2, 0.25) is 0 Å². The number of hydrogen-bond acceptors (Lipinski definition) is 3. The SMILES string of the molecule is CC(C)CCC(C)NC(=O)c1cnc2c(cnn2C(C)C)c1. The molecule has 0 aliphatic heterocycles. The lowest BCUT2D eigenvalue weighted by molar-refractivity contribution is 0.0937. The Morgan fingerprint density at radius 2 is 1.91 bits per heavy atom. The number of carbonyl (C=O) groups excluding carboxylic acids is 1. The number of nitrogens with one attached hydrogen (secondary N) is 1. The number of amides is 1. The van der Waals surface area contributed by atoms with Crippen molar-refractivity contribution in [3.63, 3.8) is 0 Å². The van der Waals surface area contributed by atoms with Gasteiger partial charge in [-0.3, -0.25) is 4.79 Å². The second kappa shape index (κ2) is 6.90. The summed E-state index contributed by atoms with van der Waals surface area (Å²) in [4.78, 5) is 16.7. The van der Waals surface area contributed by atoms with Crippen LogP contribution >= 0.6 is 0 Å². The minimum absolute atomic E-state index is 0.0667. The summed E-state index contributed by atoms with van der Waals surface area (Å²) in [5.74, 6) is 0.585. The molecule has 1 amide bonds. The first-order valence-electron chi connectivity index (χ1n) is 8.02. The van der Waals surface area contributed by atoms with E-state index in [1.54, 1.807) is 12.4 Å². The molecular formula is C17H26N4O. The standard InChI is InChI=1S/C17H26N4O/c1-11(2)6-7-13(5)20-17(22)15-8-14-10-19-21(12(3)4)16(14)18-9-15/h8-13H,6-7H2,1-5H3,(H,20,22). The van der Waals surface area contributed by atoms with Gasteiger partial charge in [-0.05, 0) is 45.6 Å². The van der Waals surface area contributed by atoms with Crippen molar-refractivity contribution in [1.29, 1.82) is 0 Å². The summed E-state index contributed by atoms with van der Waals surface area (Å²) < 4.78 is 1.86. The fraction of sp³-hybridized carbons (Fsp3) is 0.588. The van der Waals surface area contributed by atoms with Crippen molar-refractivity contribution in [2.75, 3.05) is 0 Å². The molecule has 0 bridgehead atoms. The van der Waals surface area contributed by atoms with Crippen LogP contribution in [0.1, 0.15) is 63.9 Å². The molecule has 0 saturated heterocycles. The van der Waals surface area contributed by atoms with Gasteiger partial charge in [0, 0.05) is 23.7 Å². The Morgan fingerprint density at radius 3 is 2.55 bits per heavy atom. The number of nitrogens with zero attached hydrogens (tertiary/aromatic N) is 3. The molecule has 0 fully saturated rings. The van der Waals surface area contributed by atoms with Gasteiger partial charge < -0.3 is 5.32 Å². The molecule has 2 heterocycles. The first-order valence-corrected chi connectivity index (χ1v) is 8.02. The van der Waals surface area contributed by atoms with Crippen LogP contribution in [0, 0.1) is 5.92 Å². The lowest BCUT2D eigenvalue weighted by Crippen LogP contribution is -2.32. The van der Waals surface area contributed by atoms with Gasteiger partial charge in [-0.2, -0.15) is 5.10 Å². The van der Waals surface area contributed by atoms with Crippen LogP contribution in [0.25, 0.3) is 11.0 Å². The van der Waals surface area contributed by atoms with E-state index in [0.29, 0.717) is 11.5 Å². The Labute approximate surface area is 132 Å². The highest BCUT2D eigenvalue weighted by Crippen LogP contribution is 2.17. The maximum absolute atomic E-state index is 12.3. The molecule has 2 aromatic rings. The Hall–Kier alpha value is -1.91. The van der Waals surface area contributed by atoms with Gasteiger partial charge in [0.15, 0.2) is 5.65 Å². The molecule has 1 unspecified atom stereocenters. The molecule has 0 spiro atoms. The highest BCUT2D eigenvalue weighted by molar-refractivity contribution is 5.96. The average molecular weight is 302 g/mol. The summed E-state index contributed by atoms with van der Waals surface area (Å²) in [6, 6.07) is 2.28. The second-order valence-corrected chi connectivity index (χ2v) is 6.67. The summed E-state index contributed by atoms with van der Waals surface area (Å²) in [6.07, 6.45) is 5.50. The number of pyridine rings is 1. The Kier molecular flexibility index (Phi) is 5.16. The normalized spacial score (nSPS) is 13.0. The van der Waals surface area contributed by atoms with Crippen LogP contribution in [0.5, 0.6) is 0 Å². The van der Waals surface area contributed by atoms with Crippen molar-refractivity contribution in [3.8, 4) is 0 Å². The highest BCUT2D eigenvalue weighted by atomic mass is 16.1. The molecule has 0 aromatic carbocycles. The predicted molar refractivity (Wildman–Crippen MR) is 88.9 cm³/mol. The van der Waals surface area contributed by atoms with E-state index in [9.17, 15) is 4.79 Å². The third-order valence-corrected chi connectivity index (χ3v) is 3.74. The van der Waals surface area contributed by atoms with E-state index in [1.807, 2.05) is 17.7 Å². The zero-order chi connectivity index (χ0) is 16.3. The van der Waals surface area contributed by atoms with Crippen LogP contribution in [0.4, 0.5) is 0 Å². The molecule has 22 heavy (non-hydrogen) atoms. The lowest BCUT2D eigenvalue weighted by atomic mass is 10.0. The van der Waals surface area contributed by atoms with E-state index in [2.05, 4.69) is 43.1 Å². The van der Waals surface area contributed by atoms with Gasteiger partial charge in [-0.15, -0.1) is 0 Å². The van der Waals surface area contributed by atoms with Crippen molar-refractivity contribution in [2.45, 2.75) is 59.5 Å². The molecule has 0 aliphatic rings. The molecule has 1 atom stereocenters. The summed E-state index contributed by atoms with van der Waals surface area (Å²) >= 11 is 0. The quantitative estimate of drug-likeness (QED) is 0.887. The van der Waals surface area contributed by atoms with E-state index in [4.69, 9.17) is 0 Å². The van der Waals surface area contributed by atoms with E-state index in [-0.39, 0.29) is 18.0 Å². The lowest BCUT2D eigenvalue weighted by Gasteiger charge is -2.15. The Balaban J connectivity index is 2.09. The molecule has 0 aliphatic carbocycles. The largest absolute Gasteiger partial charge is 0.350 e. The van der Waals surface area contributed by atoms with Crippen molar-refractivity contribution < 1.29 is 4.79 Å². The summed E-state index contributed by atoms with van der Waals surface area (Å²) in [5, 5.41) is 8.27. The summed E-state index contributed by atoms with van der Waals surface area (Å²) in [7, 11) is 0. The van der Waals surface area contributed by atoms with Crippen molar-refractivity contribution in [2.24, 2.45) is 5.92 Å². The van der Waals surface area contributed by atoms with Gasteiger partial charge in [0.1, 0.15) is 0 Å². The fourth-order valence-electron chi connectivity index (χ4n) is 2.40. The number of aromatic nitrogens is 3. The van der Waals surface area contributed by atoms with E-state index >= 15 is 0 Å². The molecule has 2 aromatic heterocycles. The molecule has 0 radical (unpaired) electrons. The first kappa shape index (κ1) is 16.5.